The Hall–Kier alpha value is -3.35. The van der Waals surface area contributed by atoms with E-state index in [1.54, 1.807) is 24.3 Å². The summed E-state index contributed by atoms with van der Waals surface area (Å²) in [7, 11) is 0. The summed E-state index contributed by atoms with van der Waals surface area (Å²) in [5.74, 6) is -0.481. The number of benzene rings is 2. The van der Waals surface area contributed by atoms with E-state index in [2.05, 4.69) is 10.6 Å². The molecular formula is C23H28N2O5. The number of para-hydroxylation sites is 1. The molecule has 2 aromatic carbocycles. The van der Waals surface area contributed by atoms with Crippen LogP contribution in [0.1, 0.15) is 35.3 Å². The molecule has 0 aromatic heterocycles. The van der Waals surface area contributed by atoms with Gasteiger partial charge in [0.05, 0.1) is 18.7 Å². The number of ether oxygens (including phenoxy) is 2. The summed E-state index contributed by atoms with van der Waals surface area (Å²) in [5.41, 5.74) is 2.91. The van der Waals surface area contributed by atoms with Crippen molar-refractivity contribution in [3.63, 3.8) is 0 Å². The van der Waals surface area contributed by atoms with Crippen molar-refractivity contribution in [1.82, 2.24) is 5.32 Å². The number of hydrogen-bond donors (Lipinski definition) is 2. The third-order valence-electron chi connectivity index (χ3n) is 4.20. The zero-order valence-corrected chi connectivity index (χ0v) is 17.8. The monoisotopic (exact) mass is 412 g/mol. The molecule has 2 N–H and O–H groups in total. The van der Waals surface area contributed by atoms with Crippen molar-refractivity contribution < 1.29 is 23.9 Å². The van der Waals surface area contributed by atoms with Gasteiger partial charge in [-0.25, -0.2) is 4.79 Å². The van der Waals surface area contributed by atoms with Gasteiger partial charge >= 0.3 is 5.97 Å². The molecule has 0 spiro atoms. The van der Waals surface area contributed by atoms with Gasteiger partial charge in [0.1, 0.15) is 5.75 Å². The largest absolute Gasteiger partial charge is 0.493 e. The Bertz CT molecular complexity index is 871. The minimum absolute atomic E-state index is 0.216. The quantitative estimate of drug-likeness (QED) is 0.617. The lowest BCUT2D eigenvalue weighted by Crippen LogP contribution is -2.35. The second-order valence-electron chi connectivity index (χ2n) is 7.40. The first-order valence-corrected chi connectivity index (χ1v) is 9.79. The van der Waals surface area contributed by atoms with E-state index in [4.69, 9.17) is 9.47 Å². The Labute approximate surface area is 176 Å². The first kappa shape index (κ1) is 22.9. The summed E-state index contributed by atoms with van der Waals surface area (Å²) in [6.07, 6.45) is 0. The lowest BCUT2D eigenvalue weighted by atomic mass is 10.1. The predicted molar refractivity (Wildman–Crippen MR) is 115 cm³/mol. The molecule has 2 amide bonds. The van der Waals surface area contributed by atoms with Crippen LogP contribution in [0, 0.1) is 19.8 Å². The lowest BCUT2D eigenvalue weighted by molar-refractivity contribution is -0.126. The summed E-state index contributed by atoms with van der Waals surface area (Å²) in [6.45, 7) is 7.77. The molecule has 0 atom stereocenters. The molecule has 0 aliphatic carbocycles. The molecule has 0 heterocycles. The summed E-state index contributed by atoms with van der Waals surface area (Å²) in [4.78, 5) is 36.0. The maximum absolute atomic E-state index is 12.1. The third-order valence-corrected chi connectivity index (χ3v) is 4.20. The van der Waals surface area contributed by atoms with Crippen molar-refractivity contribution in [2.75, 3.05) is 25.1 Å². The van der Waals surface area contributed by atoms with Crippen LogP contribution in [0.3, 0.4) is 0 Å². The lowest BCUT2D eigenvalue weighted by Gasteiger charge is -2.12. The fraction of sp³-hybridized carbons (Fsp3) is 0.348. The number of carbonyl (C=O) groups excluding carboxylic acids is 3. The van der Waals surface area contributed by atoms with Gasteiger partial charge < -0.3 is 20.1 Å². The molecule has 0 saturated carbocycles. The Kier molecular flexibility index (Phi) is 8.41. The molecule has 0 aliphatic rings. The molecule has 0 saturated heterocycles. The van der Waals surface area contributed by atoms with E-state index in [9.17, 15) is 14.4 Å². The summed E-state index contributed by atoms with van der Waals surface area (Å²) in [5, 5.41) is 5.21. The van der Waals surface area contributed by atoms with Crippen molar-refractivity contribution in [3.05, 3.63) is 59.2 Å². The molecule has 0 radical (unpaired) electrons. The maximum Gasteiger partial charge on any atom is 0.338 e. The van der Waals surface area contributed by atoms with Gasteiger partial charge in [0.2, 0.25) is 5.91 Å². The number of amides is 2. The molecule has 160 valence electrons. The molecule has 7 nitrogen and oxygen atoms in total. The SMILES string of the molecule is Cc1cccc(C)c1NC(=O)CNC(=O)COC(=O)c1ccc(OCC(C)C)cc1. The van der Waals surface area contributed by atoms with Crippen LogP contribution in [0.2, 0.25) is 0 Å². The third kappa shape index (κ3) is 7.24. The highest BCUT2D eigenvalue weighted by atomic mass is 16.5. The van der Waals surface area contributed by atoms with Crippen LogP contribution < -0.4 is 15.4 Å². The fourth-order valence-corrected chi connectivity index (χ4v) is 2.59. The van der Waals surface area contributed by atoms with Gasteiger partial charge in [-0.1, -0.05) is 32.0 Å². The minimum Gasteiger partial charge on any atom is -0.493 e. The van der Waals surface area contributed by atoms with E-state index < -0.39 is 18.5 Å². The molecule has 0 aliphatic heterocycles. The number of hydrogen-bond acceptors (Lipinski definition) is 5. The number of carbonyl (C=O) groups is 3. The molecular weight excluding hydrogens is 384 g/mol. The zero-order chi connectivity index (χ0) is 22.1. The zero-order valence-electron chi connectivity index (χ0n) is 17.8. The molecule has 0 fully saturated rings. The average Bonchev–Trinajstić information content (AvgIpc) is 2.72. The highest BCUT2D eigenvalue weighted by Gasteiger charge is 2.12. The number of rotatable bonds is 9. The standard InChI is InChI=1S/C23H28N2O5/c1-15(2)13-29-19-10-8-18(9-11-19)23(28)30-14-21(27)24-12-20(26)25-22-16(3)6-5-7-17(22)4/h5-11,15H,12-14H2,1-4H3,(H,24,27)(H,25,26). The minimum atomic E-state index is -0.624. The molecule has 2 aromatic rings. The maximum atomic E-state index is 12.1. The van der Waals surface area contributed by atoms with E-state index >= 15 is 0 Å². The molecule has 0 bridgehead atoms. The topological polar surface area (TPSA) is 93.7 Å². The van der Waals surface area contributed by atoms with E-state index in [1.807, 2.05) is 45.9 Å². The molecule has 0 unspecified atom stereocenters. The Balaban J connectivity index is 1.74. The summed E-state index contributed by atoms with van der Waals surface area (Å²) < 4.78 is 10.6. The second-order valence-corrected chi connectivity index (χ2v) is 7.40. The van der Waals surface area contributed by atoms with E-state index in [0.29, 0.717) is 23.8 Å². The van der Waals surface area contributed by atoms with E-state index in [0.717, 1.165) is 16.8 Å². The smallest absolute Gasteiger partial charge is 0.338 e. The second kappa shape index (κ2) is 11.0. The molecule has 2 rings (SSSR count). The number of anilines is 1. The van der Waals surface area contributed by atoms with Crippen LogP contribution in [-0.4, -0.2) is 37.5 Å². The normalized spacial score (nSPS) is 10.4. The van der Waals surface area contributed by atoms with Crippen LogP contribution in [0.5, 0.6) is 5.75 Å². The van der Waals surface area contributed by atoms with Crippen molar-refractivity contribution in [1.29, 1.82) is 0 Å². The Morgan fingerprint density at radius 1 is 0.933 bits per heavy atom. The van der Waals surface area contributed by atoms with E-state index in [-0.39, 0.29) is 12.5 Å². The number of esters is 1. The van der Waals surface area contributed by atoms with Crippen molar-refractivity contribution in [3.8, 4) is 5.75 Å². The van der Waals surface area contributed by atoms with Gasteiger partial charge in [0, 0.05) is 5.69 Å². The van der Waals surface area contributed by atoms with Gasteiger partial charge in [0.25, 0.3) is 5.91 Å². The number of aryl methyl sites for hydroxylation is 2. The number of nitrogens with one attached hydrogen (secondary N) is 2. The van der Waals surface area contributed by atoms with Crippen LogP contribution >= 0.6 is 0 Å². The first-order valence-electron chi connectivity index (χ1n) is 9.79. The van der Waals surface area contributed by atoms with Crippen LogP contribution in [0.4, 0.5) is 5.69 Å². The Morgan fingerprint density at radius 2 is 1.57 bits per heavy atom. The van der Waals surface area contributed by atoms with Gasteiger partial charge in [-0.3, -0.25) is 9.59 Å². The van der Waals surface area contributed by atoms with Gasteiger partial charge in [0.15, 0.2) is 6.61 Å². The van der Waals surface area contributed by atoms with E-state index in [1.165, 1.54) is 0 Å². The fourth-order valence-electron chi connectivity index (χ4n) is 2.59. The van der Waals surface area contributed by atoms with Crippen molar-refractivity contribution in [2.45, 2.75) is 27.7 Å². The first-order chi connectivity index (χ1) is 14.3. The summed E-state index contributed by atoms with van der Waals surface area (Å²) in [6, 6.07) is 12.2. The van der Waals surface area contributed by atoms with Crippen LogP contribution in [0.15, 0.2) is 42.5 Å². The van der Waals surface area contributed by atoms with Gasteiger partial charge in [-0.15, -0.1) is 0 Å². The summed E-state index contributed by atoms with van der Waals surface area (Å²) >= 11 is 0. The van der Waals surface area contributed by atoms with Crippen molar-refractivity contribution in [2.24, 2.45) is 5.92 Å². The van der Waals surface area contributed by atoms with Crippen molar-refractivity contribution >= 4 is 23.5 Å². The Morgan fingerprint density at radius 3 is 2.17 bits per heavy atom. The highest BCUT2D eigenvalue weighted by Crippen LogP contribution is 2.19. The molecule has 7 heteroatoms. The highest BCUT2D eigenvalue weighted by molar-refractivity contribution is 5.96. The average molecular weight is 412 g/mol. The van der Waals surface area contributed by atoms with Crippen LogP contribution in [-0.2, 0) is 14.3 Å². The predicted octanol–water partition coefficient (Wildman–Crippen LogP) is 3.25. The van der Waals surface area contributed by atoms with Crippen LogP contribution in [0.25, 0.3) is 0 Å². The molecule has 30 heavy (non-hydrogen) atoms. The van der Waals surface area contributed by atoms with Gasteiger partial charge in [-0.2, -0.15) is 0 Å². The van der Waals surface area contributed by atoms with Gasteiger partial charge in [-0.05, 0) is 55.2 Å².